The lowest BCUT2D eigenvalue weighted by atomic mass is 9.87. The molecule has 0 aromatic rings. The van der Waals surface area contributed by atoms with E-state index in [2.05, 4.69) is 0 Å². The molecule has 0 saturated heterocycles. The van der Waals surface area contributed by atoms with E-state index in [4.69, 9.17) is 11.6 Å². The van der Waals surface area contributed by atoms with Crippen LogP contribution in [0, 0.1) is 5.92 Å². The monoisotopic (exact) mass is 172 g/mol. The number of halogens is 1. The molecule has 0 saturated carbocycles. The van der Waals surface area contributed by atoms with E-state index < -0.39 is 11.5 Å². The Hall–Kier alpha value is -0.600. The van der Waals surface area contributed by atoms with Gasteiger partial charge in [0.05, 0.1) is 11.5 Å². The fourth-order valence-corrected chi connectivity index (χ4v) is 1.13. The molecule has 0 aromatic carbocycles. The van der Waals surface area contributed by atoms with E-state index in [-0.39, 0.29) is 0 Å². The zero-order valence-electron chi connectivity index (χ0n) is 6.12. The van der Waals surface area contributed by atoms with Crippen molar-refractivity contribution < 1.29 is 9.90 Å². The molecule has 0 heterocycles. The summed E-state index contributed by atoms with van der Waals surface area (Å²) < 4.78 is 0. The molecular formula is C8H9ClO2. The molecule has 1 N–H and O–H groups in total. The topological polar surface area (TPSA) is 37.3 Å². The summed E-state index contributed by atoms with van der Waals surface area (Å²) in [6.07, 6.45) is 5.33. The summed E-state index contributed by atoms with van der Waals surface area (Å²) >= 11 is 5.62. The molecule has 1 aliphatic rings. The molecule has 2 nitrogen and oxygen atoms in total. The number of hydrogen-bond acceptors (Lipinski definition) is 2. The second kappa shape index (κ2) is 2.80. The molecule has 0 fully saturated rings. The second-order valence-electron chi connectivity index (χ2n) is 2.77. The Kier molecular flexibility index (Phi) is 2.16. The molecular weight excluding hydrogens is 164 g/mol. The maximum Gasteiger partial charge on any atom is 0.130 e. The van der Waals surface area contributed by atoms with E-state index in [0.717, 1.165) is 0 Å². The lowest BCUT2D eigenvalue weighted by molar-refractivity contribution is -0.114. The number of aliphatic hydroxyl groups is 1. The van der Waals surface area contributed by atoms with Crippen LogP contribution in [0.15, 0.2) is 23.3 Å². The number of allylic oxidation sites excluding steroid dienone is 2. The molecule has 11 heavy (non-hydrogen) atoms. The average molecular weight is 173 g/mol. The lowest BCUT2D eigenvalue weighted by Crippen LogP contribution is -2.33. The van der Waals surface area contributed by atoms with Gasteiger partial charge in [0.2, 0.25) is 0 Å². The van der Waals surface area contributed by atoms with Gasteiger partial charge in [0.15, 0.2) is 0 Å². The summed E-state index contributed by atoms with van der Waals surface area (Å²) in [5.41, 5.74) is -1.08. The van der Waals surface area contributed by atoms with Gasteiger partial charge in [-0.15, -0.1) is 0 Å². The summed E-state index contributed by atoms with van der Waals surface area (Å²) in [5.74, 6) is -0.528. The van der Waals surface area contributed by atoms with Gasteiger partial charge in [0, 0.05) is 5.03 Å². The largest absolute Gasteiger partial charge is 0.385 e. The molecule has 2 unspecified atom stereocenters. The van der Waals surface area contributed by atoms with E-state index in [0.29, 0.717) is 11.3 Å². The molecule has 0 bridgehead atoms. The van der Waals surface area contributed by atoms with Crippen LogP contribution >= 0.6 is 11.6 Å². The molecule has 0 amide bonds. The predicted molar refractivity (Wildman–Crippen MR) is 43.3 cm³/mol. The second-order valence-corrected chi connectivity index (χ2v) is 3.21. The van der Waals surface area contributed by atoms with Gasteiger partial charge < -0.3 is 9.90 Å². The highest BCUT2D eigenvalue weighted by atomic mass is 35.5. The summed E-state index contributed by atoms with van der Waals surface area (Å²) in [4.78, 5) is 10.4. The van der Waals surface area contributed by atoms with Gasteiger partial charge in [-0.25, -0.2) is 0 Å². The number of carbonyl (C=O) groups is 1. The number of aldehydes is 1. The highest BCUT2D eigenvalue weighted by Crippen LogP contribution is 2.26. The highest BCUT2D eigenvalue weighted by Gasteiger charge is 2.29. The van der Waals surface area contributed by atoms with Crippen LogP contribution in [-0.2, 0) is 4.79 Å². The first-order chi connectivity index (χ1) is 5.06. The molecule has 2 atom stereocenters. The lowest BCUT2D eigenvalue weighted by Gasteiger charge is -2.26. The van der Waals surface area contributed by atoms with Crippen LogP contribution in [0.5, 0.6) is 0 Å². The number of hydrogen-bond donors (Lipinski definition) is 1. The minimum Gasteiger partial charge on any atom is -0.385 e. The average Bonchev–Trinajstić information content (AvgIpc) is 1.94. The van der Waals surface area contributed by atoms with Gasteiger partial charge in [-0.2, -0.15) is 0 Å². The van der Waals surface area contributed by atoms with Crippen LogP contribution in [0.25, 0.3) is 0 Å². The summed E-state index contributed by atoms with van der Waals surface area (Å²) in [7, 11) is 0. The van der Waals surface area contributed by atoms with Gasteiger partial charge in [-0.3, -0.25) is 0 Å². The zero-order chi connectivity index (χ0) is 8.48. The van der Waals surface area contributed by atoms with Crippen molar-refractivity contribution in [3.63, 3.8) is 0 Å². The summed E-state index contributed by atoms with van der Waals surface area (Å²) in [6.45, 7) is 1.57. The van der Waals surface area contributed by atoms with E-state index in [1.807, 2.05) is 0 Å². The third-order valence-corrected chi connectivity index (χ3v) is 1.99. The van der Waals surface area contributed by atoms with Crippen LogP contribution in [0.4, 0.5) is 0 Å². The van der Waals surface area contributed by atoms with Crippen molar-refractivity contribution in [1.82, 2.24) is 0 Å². The fraction of sp³-hybridized carbons (Fsp3) is 0.375. The van der Waals surface area contributed by atoms with E-state index in [1.54, 1.807) is 13.0 Å². The Bertz CT molecular complexity index is 228. The standard InChI is InChI=1S/C8H9ClO2/c1-8(11)3-2-7(9)4-6(8)5-10/h2-6,11H,1H3. The molecule has 60 valence electrons. The molecule has 0 aromatic heterocycles. The van der Waals surface area contributed by atoms with Crippen LogP contribution in [0.1, 0.15) is 6.92 Å². The number of rotatable bonds is 1. The van der Waals surface area contributed by atoms with Crippen molar-refractivity contribution >= 4 is 17.9 Å². The van der Waals surface area contributed by atoms with Crippen molar-refractivity contribution in [2.24, 2.45) is 5.92 Å². The normalized spacial score (nSPS) is 36.6. The minimum atomic E-state index is -1.08. The first-order valence-electron chi connectivity index (χ1n) is 3.30. The summed E-state index contributed by atoms with van der Waals surface area (Å²) in [5, 5.41) is 10.0. The Balaban J connectivity index is 2.92. The molecule has 1 aliphatic carbocycles. The minimum absolute atomic E-state index is 0.494. The Morgan fingerprint density at radius 1 is 1.82 bits per heavy atom. The Labute approximate surface area is 70.2 Å². The zero-order valence-corrected chi connectivity index (χ0v) is 6.88. The summed E-state index contributed by atoms with van der Waals surface area (Å²) in [6, 6.07) is 0. The SMILES string of the molecule is CC1(O)C=CC(Cl)=CC1C=O. The molecule has 0 aliphatic heterocycles. The predicted octanol–water partition coefficient (Wildman–Crippen LogP) is 1.24. The Morgan fingerprint density at radius 2 is 2.45 bits per heavy atom. The maximum absolute atomic E-state index is 10.4. The number of carbonyl (C=O) groups excluding carboxylic acids is 1. The van der Waals surface area contributed by atoms with Gasteiger partial charge in [0.1, 0.15) is 6.29 Å². The van der Waals surface area contributed by atoms with Crippen molar-refractivity contribution in [3.8, 4) is 0 Å². The molecule has 0 spiro atoms. The van der Waals surface area contributed by atoms with Crippen LogP contribution in [0.2, 0.25) is 0 Å². The molecule has 3 heteroatoms. The van der Waals surface area contributed by atoms with Crippen molar-refractivity contribution in [2.75, 3.05) is 0 Å². The van der Waals surface area contributed by atoms with E-state index in [1.165, 1.54) is 12.2 Å². The van der Waals surface area contributed by atoms with Crippen molar-refractivity contribution in [3.05, 3.63) is 23.3 Å². The van der Waals surface area contributed by atoms with Crippen LogP contribution in [-0.4, -0.2) is 17.0 Å². The van der Waals surface area contributed by atoms with Crippen molar-refractivity contribution in [2.45, 2.75) is 12.5 Å². The third kappa shape index (κ3) is 1.70. The van der Waals surface area contributed by atoms with Gasteiger partial charge in [-0.05, 0) is 13.0 Å². The van der Waals surface area contributed by atoms with E-state index in [9.17, 15) is 9.90 Å². The van der Waals surface area contributed by atoms with E-state index >= 15 is 0 Å². The van der Waals surface area contributed by atoms with Gasteiger partial charge in [-0.1, -0.05) is 23.8 Å². The highest BCUT2D eigenvalue weighted by molar-refractivity contribution is 6.31. The fourth-order valence-electron chi connectivity index (χ4n) is 0.932. The first-order valence-corrected chi connectivity index (χ1v) is 3.68. The third-order valence-electron chi connectivity index (χ3n) is 1.74. The smallest absolute Gasteiger partial charge is 0.130 e. The molecule has 1 rings (SSSR count). The van der Waals surface area contributed by atoms with Crippen molar-refractivity contribution in [1.29, 1.82) is 0 Å². The van der Waals surface area contributed by atoms with Crippen LogP contribution < -0.4 is 0 Å². The van der Waals surface area contributed by atoms with Crippen LogP contribution in [0.3, 0.4) is 0 Å². The quantitative estimate of drug-likeness (QED) is 0.605. The maximum atomic E-state index is 10.4. The first kappa shape index (κ1) is 8.50. The Morgan fingerprint density at radius 3 is 2.91 bits per heavy atom. The molecule has 0 radical (unpaired) electrons. The van der Waals surface area contributed by atoms with Gasteiger partial charge >= 0.3 is 0 Å². The van der Waals surface area contributed by atoms with Gasteiger partial charge in [0.25, 0.3) is 0 Å².